The first-order valence-corrected chi connectivity index (χ1v) is 7.58. The number of nitrogens with one attached hydrogen (secondary N) is 3. The number of anilines is 1. The molecular weight excluding hydrogens is 276 g/mol. The molecule has 118 valence electrons. The predicted octanol–water partition coefficient (Wildman–Crippen LogP) is 2.96. The summed E-state index contributed by atoms with van der Waals surface area (Å²) in [6.45, 7) is 7.80. The first-order chi connectivity index (χ1) is 10.4. The maximum Gasteiger partial charge on any atom is 0.221 e. The minimum absolute atomic E-state index is 0.0555. The molecule has 22 heavy (non-hydrogen) atoms. The number of carbonyl (C=O) groups excluding carboxylic acids is 1. The normalized spacial score (nSPS) is 13.6. The maximum absolute atomic E-state index is 11.1. The second-order valence-corrected chi connectivity index (χ2v) is 5.84. The van der Waals surface area contributed by atoms with E-state index in [2.05, 4.69) is 46.8 Å². The van der Waals surface area contributed by atoms with Crippen LogP contribution in [0.15, 0.2) is 30.3 Å². The number of H-pyrrole nitrogens is 1. The van der Waals surface area contributed by atoms with Gasteiger partial charge in [0.05, 0.1) is 5.69 Å². The lowest BCUT2D eigenvalue weighted by Crippen LogP contribution is -2.30. The average molecular weight is 300 g/mol. The molecule has 0 aliphatic heterocycles. The molecule has 1 amide bonds. The quantitative estimate of drug-likeness (QED) is 0.768. The molecule has 0 saturated heterocycles. The summed E-state index contributed by atoms with van der Waals surface area (Å²) in [6.07, 6.45) is 0.875. The number of amides is 1. The van der Waals surface area contributed by atoms with Crippen LogP contribution in [-0.4, -0.2) is 22.1 Å². The Hall–Kier alpha value is -2.14. The van der Waals surface area contributed by atoms with Crippen molar-refractivity contribution in [3.63, 3.8) is 0 Å². The van der Waals surface area contributed by atoms with E-state index in [-0.39, 0.29) is 11.9 Å². The smallest absolute Gasteiger partial charge is 0.221 e. The lowest BCUT2D eigenvalue weighted by atomic mass is 10.1. The summed E-state index contributed by atoms with van der Waals surface area (Å²) in [7, 11) is 0. The van der Waals surface area contributed by atoms with Crippen molar-refractivity contribution in [2.24, 2.45) is 0 Å². The van der Waals surface area contributed by atoms with E-state index in [0.717, 1.165) is 29.1 Å². The largest absolute Gasteiger partial charge is 0.326 e. The first kappa shape index (κ1) is 16.2. The molecule has 5 heteroatoms. The van der Waals surface area contributed by atoms with E-state index in [0.29, 0.717) is 6.04 Å². The third kappa shape index (κ3) is 4.70. The van der Waals surface area contributed by atoms with Gasteiger partial charge in [0.1, 0.15) is 0 Å². The van der Waals surface area contributed by atoms with E-state index >= 15 is 0 Å². The number of rotatable bonds is 6. The zero-order valence-corrected chi connectivity index (χ0v) is 13.6. The minimum Gasteiger partial charge on any atom is -0.326 e. The lowest BCUT2D eigenvalue weighted by molar-refractivity contribution is -0.114. The van der Waals surface area contributed by atoms with Crippen molar-refractivity contribution in [2.75, 3.05) is 5.32 Å². The fourth-order valence-electron chi connectivity index (χ4n) is 2.56. The highest BCUT2D eigenvalue weighted by atomic mass is 16.1. The summed E-state index contributed by atoms with van der Waals surface area (Å²) >= 11 is 0. The summed E-state index contributed by atoms with van der Waals surface area (Å²) in [5.41, 5.74) is 4.13. The second kappa shape index (κ2) is 7.22. The number of nitrogens with zero attached hydrogens (tertiary/aromatic N) is 1. The highest BCUT2D eigenvalue weighted by Crippen LogP contribution is 2.18. The molecule has 0 fully saturated rings. The van der Waals surface area contributed by atoms with E-state index < -0.39 is 0 Å². The van der Waals surface area contributed by atoms with Crippen molar-refractivity contribution in [3.8, 4) is 0 Å². The van der Waals surface area contributed by atoms with E-state index in [1.165, 1.54) is 6.92 Å². The second-order valence-electron chi connectivity index (χ2n) is 5.84. The molecule has 1 aromatic heterocycles. The molecule has 0 spiro atoms. The Bertz CT molecular complexity index is 635. The van der Waals surface area contributed by atoms with Gasteiger partial charge in [-0.25, -0.2) is 0 Å². The summed E-state index contributed by atoms with van der Waals surface area (Å²) in [5, 5.41) is 13.6. The summed E-state index contributed by atoms with van der Waals surface area (Å²) < 4.78 is 0. The van der Waals surface area contributed by atoms with Gasteiger partial charge in [-0.05, 0) is 44.5 Å². The van der Waals surface area contributed by atoms with Crippen LogP contribution in [0, 0.1) is 6.92 Å². The van der Waals surface area contributed by atoms with Crippen molar-refractivity contribution in [2.45, 2.75) is 46.2 Å². The third-order valence-corrected chi connectivity index (χ3v) is 3.52. The highest BCUT2D eigenvalue weighted by molar-refractivity contribution is 5.88. The third-order valence-electron chi connectivity index (χ3n) is 3.52. The lowest BCUT2D eigenvalue weighted by Gasteiger charge is -2.20. The SMILES string of the molecule is CC(=O)Nc1cccc([C@@H](C)N[C@H](C)Cc2cc(C)[nH]n2)c1. The van der Waals surface area contributed by atoms with Gasteiger partial charge in [-0.2, -0.15) is 5.10 Å². The van der Waals surface area contributed by atoms with Gasteiger partial charge in [0.15, 0.2) is 0 Å². The molecule has 0 radical (unpaired) electrons. The average Bonchev–Trinajstić information content (AvgIpc) is 2.83. The molecule has 2 rings (SSSR count). The molecule has 2 atom stereocenters. The Morgan fingerprint density at radius 2 is 2.09 bits per heavy atom. The number of hydrogen-bond donors (Lipinski definition) is 3. The molecule has 3 N–H and O–H groups in total. The zero-order chi connectivity index (χ0) is 16.1. The molecule has 5 nitrogen and oxygen atoms in total. The van der Waals surface area contributed by atoms with E-state index in [1.807, 2.05) is 25.1 Å². The molecule has 0 aliphatic rings. The number of carbonyl (C=O) groups is 1. The monoisotopic (exact) mass is 300 g/mol. The number of aromatic nitrogens is 2. The molecule has 0 unspecified atom stereocenters. The van der Waals surface area contributed by atoms with Crippen LogP contribution in [0.5, 0.6) is 0 Å². The van der Waals surface area contributed by atoms with Gasteiger partial charge in [-0.3, -0.25) is 9.89 Å². The fraction of sp³-hybridized carbons (Fsp3) is 0.412. The Morgan fingerprint density at radius 1 is 1.32 bits per heavy atom. The van der Waals surface area contributed by atoms with E-state index in [1.54, 1.807) is 0 Å². The van der Waals surface area contributed by atoms with E-state index in [4.69, 9.17) is 0 Å². The van der Waals surface area contributed by atoms with Crippen molar-refractivity contribution >= 4 is 11.6 Å². The van der Waals surface area contributed by atoms with Crippen LogP contribution in [0.2, 0.25) is 0 Å². The minimum atomic E-state index is -0.0555. The van der Waals surface area contributed by atoms with Crippen LogP contribution in [0.4, 0.5) is 5.69 Å². The fourth-order valence-corrected chi connectivity index (χ4v) is 2.56. The zero-order valence-electron chi connectivity index (χ0n) is 13.6. The van der Waals surface area contributed by atoms with Crippen molar-refractivity contribution in [1.82, 2.24) is 15.5 Å². The van der Waals surface area contributed by atoms with Gasteiger partial charge >= 0.3 is 0 Å². The molecular formula is C17H24N4O. The van der Waals surface area contributed by atoms with Crippen LogP contribution >= 0.6 is 0 Å². The molecule has 1 heterocycles. The predicted molar refractivity (Wildman–Crippen MR) is 88.8 cm³/mol. The van der Waals surface area contributed by atoms with E-state index in [9.17, 15) is 4.79 Å². The molecule has 0 bridgehead atoms. The molecule has 0 saturated carbocycles. The summed E-state index contributed by atoms with van der Waals surface area (Å²) in [5.74, 6) is -0.0555. The number of hydrogen-bond acceptors (Lipinski definition) is 3. The van der Waals surface area contributed by atoms with Gasteiger partial charge in [-0.1, -0.05) is 12.1 Å². The van der Waals surface area contributed by atoms with Gasteiger partial charge < -0.3 is 10.6 Å². The highest BCUT2D eigenvalue weighted by Gasteiger charge is 2.12. The molecule has 1 aromatic carbocycles. The summed E-state index contributed by atoms with van der Waals surface area (Å²) in [6, 6.07) is 10.5. The Kier molecular flexibility index (Phi) is 5.33. The standard InChI is InChI=1S/C17H24N4O/c1-11(8-17-9-12(2)20-21-17)18-13(3)15-6-5-7-16(10-15)19-14(4)22/h5-7,9-11,13,18H,8H2,1-4H3,(H,19,22)(H,20,21)/t11-,13-/m1/s1. The van der Waals surface area contributed by atoms with Gasteiger partial charge in [0, 0.05) is 36.8 Å². The van der Waals surface area contributed by atoms with Crippen LogP contribution in [0.3, 0.4) is 0 Å². The Morgan fingerprint density at radius 3 is 2.73 bits per heavy atom. The Balaban J connectivity index is 1.96. The number of benzene rings is 1. The van der Waals surface area contributed by atoms with Crippen LogP contribution in [0.25, 0.3) is 0 Å². The summed E-state index contributed by atoms with van der Waals surface area (Å²) in [4.78, 5) is 11.1. The van der Waals surface area contributed by atoms with Crippen molar-refractivity contribution < 1.29 is 4.79 Å². The number of aromatic amines is 1. The number of aryl methyl sites for hydroxylation is 1. The van der Waals surface area contributed by atoms with Crippen molar-refractivity contribution in [1.29, 1.82) is 0 Å². The van der Waals surface area contributed by atoms with Gasteiger partial charge in [0.2, 0.25) is 5.91 Å². The molecule has 2 aromatic rings. The molecule has 0 aliphatic carbocycles. The maximum atomic E-state index is 11.1. The van der Waals surface area contributed by atoms with Crippen LogP contribution < -0.4 is 10.6 Å². The van der Waals surface area contributed by atoms with Gasteiger partial charge in [0.25, 0.3) is 0 Å². The van der Waals surface area contributed by atoms with Gasteiger partial charge in [-0.15, -0.1) is 0 Å². The first-order valence-electron chi connectivity index (χ1n) is 7.58. The Labute approximate surface area is 131 Å². The van der Waals surface area contributed by atoms with Crippen LogP contribution in [0.1, 0.15) is 43.8 Å². The van der Waals surface area contributed by atoms with Crippen molar-refractivity contribution in [3.05, 3.63) is 47.3 Å². The van der Waals surface area contributed by atoms with Crippen LogP contribution in [-0.2, 0) is 11.2 Å². The topological polar surface area (TPSA) is 69.8 Å².